The molecule has 0 amide bonds. The van der Waals surface area contributed by atoms with Gasteiger partial charge in [-0.05, 0) is 61.7 Å². The SMILES string of the molecule is Cc1ccc(N(CCC#N)S(=O)(=O)c2ccc(C)c(C(=O)O)c2)cc1C. The Morgan fingerprint density at radius 3 is 2.31 bits per heavy atom. The van der Waals surface area contributed by atoms with Gasteiger partial charge in [0, 0.05) is 6.54 Å². The highest BCUT2D eigenvalue weighted by Crippen LogP contribution is 2.27. The van der Waals surface area contributed by atoms with Crippen molar-refractivity contribution in [2.75, 3.05) is 10.8 Å². The molecule has 0 aliphatic rings. The van der Waals surface area contributed by atoms with Gasteiger partial charge in [-0.25, -0.2) is 13.2 Å². The Labute approximate surface area is 153 Å². The summed E-state index contributed by atoms with van der Waals surface area (Å²) in [5.41, 5.74) is 2.81. The molecule has 6 nitrogen and oxygen atoms in total. The van der Waals surface area contributed by atoms with Crippen LogP contribution in [-0.4, -0.2) is 26.0 Å². The third-order valence-corrected chi connectivity index (χ3v) is 6.06. The second-order valence-corrected chi connectivity index (χ2v) is 7.90. The maximum atomic E-state index is 13.1. The lowest BCUT2D eigenvalue weighted by molar-refractivity contribution is 0.0696. The maximum absolute atomic E-state index is 13.1. The van der Waals surface area contributed by atoms with E-state index in [0.29, 0.717) is 11.3 Å². The van der Waals surface area contributed by atoms with E-state index in [1.165, 1.54) is 12.1 Å². The zero-order valence-corrected chi connectivity index (χ0v) is 15.7. The highest BCUT2D eigenvalue weighted by molar-refractivity contribution is 7.92. The Kier molecular flexibility index (Phi) is 5.68. The molecule has 7 heteroatoms. The molecule has 0 aliphatic heterocycles. The van der Waals surface area contributed by atoms with Crippen molar-refractivity contribution in [3.8, 4) is 6.07 Å². The molecule has 136 valence electrons. The zero-order valence-electron chi connectivity index (χ0n) is 14.9. The van der Waals surface area contributed by atoms with E-state index in [-0.39, 0.29) is 23.4 Å². The van der Waals surface area contributed by atoms with Gasteiger partial charge in [0.2, 0.25) is 0 Å². The number of anilines is 1. The minimum absolute atomic E-state index is 0.0163. The van der Waals surface area contributed by atoms with Crippen molar-refractivity contribution in [3.63, 3.8) is 0 Å². The van der Waals surface area contributed by atoms with Gasteiger partial charge in [0.05, 0.1) is 28.6 Å². The standard InChI is InChI=1S/C19H20N2O4S/c1-13-5-7-16(11-15(13)3)21(10-4-9-20)26(24,25)17-8-6-14(2)18(12-17)19(22)23/h5-8,11-12H,4,10H2,1-3H3,(H,22,23). The van der Waals surface area contributed by atoms with Crippen LogP contribution in [0.15, 0.2) is 41.3 Å². The number of benzene rings is 2. The molecule has 0 saturated carbocycles. The number of aryl methyl sites for hydroxylation is 3. The second-order valence-electron chi connectivity index (χ2n) is 6.04. The molecule has 2 aromatic rings. The fourth-order valence-corrected chi connectivity index (χ4v) is 4.02. The van der Waals surface area contributed by atoms with E-state index in [9.17, 15) is 18.3 Å². The molecule has 0 fully saturated rings. The normalized spacial score (nSPS) is 11.0. The number of sulfonamides is 1. The first-order chi connectivity index (χ1) is 12.2. The third kappa shape index (κ3) is 3.86. The molecule has 0 aromatic heterocycles. The molecule has 1 N–H and O–H groups in total. The van der Waals surface area contributed by atoms with Crippen LogP contribution in [0.5, 0.6) is 0 Å². The topological polar surface area (TPSA) is 98.5 Å². The molecule has 0 saturated heterocycles. The molecule has 0 spiro atoms. The molecule has 0 heterocycles. The quantitative estimate of drug-likeness (QED) is 0.838. The smallest absolute Gasteiger partial charge is 0.335 e. The molecular formula is C19H20N2O4S. The number of hydrogen-bond acceptors (Lipinski definition) is 4. The maximum Gasteiger partial charge on any atom is 0.335 e. The fourth-order valence-electron chi connectivity index (χ4n) is 2.54. The van der Waals surface area contributed by atoms with Crippen LogP contribution in [0.25, 0.3) is 0 Å². The Balaban J connectivity index is 2.59. The number of rotatable bonds is 6. The van der Waals surface area contributed by atoms with Crippen molar-refractivity contribution >= 4 is 21.7 Å². The summed E-state index contributed by atoms with van der Waals surface area (Å²) in [4.78, 5) is 11.2. The molecule has 0 unspecified atom stereocenters. The van der Waals surface area contributed by atoms with E-state index in [2.05, 4.69) is 0 Å². The van der Waals surface area contributed by atoms with Crippen molar-refractivity contribution in [1.29, 1.82) is 5.26 Å². The van der Waals surface area contributed by atoms with Crippen molar-refractivity contribution in [1.82, 2.24) is 0 Å². The second kappa shape index (κ2) is 7.58. The number of nitriles is 1. The highest BCUT2D eigenvalue weighted by Gasteiger charge is 2.26. The first kappa shape index (κ1) is 19.5. The number of carbonyl (C=O) groups is 1. The lowest BCUT2D eigenvalue weighted by atomic mass is 10.1. The van der Waals surface area contributed by atoms with Crippen LogP contribution >= 0.6 is 0 Å². The van der Waals surface area contributed by atoms with Gasteiger partial charge in [-0.2, -0.15) is 5.26 Å². The summed E-state index contributed by atoms with van der Waals surface area (Å²) < 4.78 is 27.4. The van der Waals surface area contributed by atoms with E-state index in [1.54, 1.807) is 19.1 Å². The first-order valence-electron chi connectivity index (χ1n) is 7.99. The van der Waals surface area contributed by atoms with Crippen molar-refractivity contribution < 1.29 is 18.3 Å². The number of aromatic carboxylic acids is 1. The molecule has 0 atom stereocenters. The number of nitrogens with zero attached hydrogens (tertiary/aromatic N) is 2. The number of carboxylic acids is 1. The van der Waals surface area contributed by atoms with Crippen molar-refractivity contribution in [2.24, 2.45) is 0 Å². The van der Waals surface area contributed by atoms with Crippen LogP contribution in [0.2, 0.25) is 0 Å². The molecule has 0 radical (unpaired) electrons. The average molecular weight is 372 g/mol. The van der Waals surface area contributed by atoms with Gasteiger partial charge in [0.1, 0.15) is 0 Å². The summed E-state index contributed by atoms with van der Waals surface area (Å²) in [6, 6.07) is 11.2. The van der Waals surface area contributed by atoms with Crippen LogP contribution in [-0.2, 0) is 10.0 Å². The van der Waals surface area contributed by atoms with E-state index in [1.807, 2.05) is 26.0 Å². The molecular weight excluding hydrogens is 352 g/mol. The Morgan fingerprint density at radius 1 is 1.08 bits per heavy atom. The Morgan fingerprint density at radius 2 is 1.73 bits per heavy atom. The van der Waals surface area contributed by atoms with Crippen molar-refractivity contribution in [2.45, 2.75) is 32.1 Å². The fraction of sp³-hybridized carbons (Fsp3) is 0.263. The molecule has 2 aromatic carbocycles. The molecule has 0 bridgehead atoms. The zero-order chi connectivity index (χ0) is 19.5. The predicted molar refractivity (Wildman–Crippen MR) is 98.8 cm³/mol. The Bertz CT molecular complexity index is 991. The summed E-state index contributed by atoms with van der Waals surface area (Å²) in [7, 11) is -4.01. The van der Waals surface area contributed by atoms with Crippen LogP contribution in [0, 0.1) is 32.1 Å². The minimum Gasteiger partial charge on any atom is -0.478 e. The predicted octanol–water partition coefficient (Wildman–Crippen LogP) is 3.42. The highest BCUT2D eigenvalue weighted by atomic mass is 32.2. The monoisotopic (exact) mass is 372 g/mol. The van der Waals surface area contributed by atoms with Crippen LogP contribution in [0.1, 0.15) is 33.5 Å². The number of carboxylic acid groups (broad SMARTS) is 1. The van der Waals surface area contributed by atoms with Gasteiger partial charge in [-0.3, -0.25) is 4.31 Å². The molecule has 0 aliphatic carbocycles. The van der Waals surface area contributed by atoms with Gasteiger partial charge in [-0.1, -0.05) is 12.1 Å². The summed E-state index contributed by atoms with van der Waals surface area (Å²) >= 11 is 0. The summed E-state index contributed by atoms with van der Waals surface area (Å²) in [5.74, 6) is -1.19. The van der Waals surface area contributed by atoms with Crippen LogP contribution < -0.4 is 4.31 Å². The lowest BCUT2D eigenvalue weighted by Gasteiger charge is -2.24. The van der Waals surface area contributed by atoms with Gasteiger partial charge in [0.15, 0.2) is 0 Å². The average Bonchev–Trinajstić information content (AvgIpc) is 2.58. The van der Waals surface area contributed by atoms with Gasteiger partial charge in [0.25, 0.3) is 10.0 Å². The lowest BCUT2D eigenvalue weighted by Crippen LogP contribution is -2.32. The number of hydrogen-bond donors (Lipinski definition) is 1. The van der Waals surface area contributed by atoms with Crippen LogP contribution in [0.3, 0.4) is 0 Å². The van der Waals surface area contributed by atoms with E-state index >= 15 is 0 Å². The van der Waals surface area contributed by atoms with E-state index in [0.717, 1.165) is 21.5 Å². The largest absolute Gasteiger partial charge is 0.478 e. The first-order valence-corrected chi connectivity index (χ1v) is 9.43. The minimum atomic E-state index is -4.01. The van der Waals surface area contributed by atoms with Gasteiger partial charge < -0.3 is 5.11 Å². The molecule has 26 heavy (non-hydrogen) atoms. The summed E-state index contributed by atoms with van der Waals surface area (Å²) in [5, 5.41) is 18.2. The van der Waals surface area contributed by atoms with Gasteiger partial charge in [-0.15, -0.1) is 0 Å². The van der Waals surface area contributed by atoms with Crippen LogP contribution in [0.4, 0.5) is 5.69 Å². The molecule has 2 rings (SSSR count). The van der Waals surface area contributed by atoms with E-state index < -0.39 is 16.0 Å². The van der Waals surface area contributed by atoms with Gasteiger partial charge >= 0.3 is 5.97 Å². The van der Waals surface area contributed by atoms with Crippen molar-refractivity contribution in [3.05, 3.63) is 58.7 Å². The summed E-state index contributed by atoms with van der Waals surface area (Å²) in [6.45, 7) is 5.39. The third-order valence-electron chi connectivity index (χ3n) is 4.23. The Hall–Kier alpha value is -2.85. The van der Waals surface area contributed by atoms with E-state index in [4.69, 9.17) is 5.26 Å². The summed E-state index contributed by atoms with van der Waals surface area (Å²) in [6.07, 6.45) is 0.0177.